The van der Waals surface area contributed by atoms with E-state index in [0.29, 0.717) is 17.3 Å². The summed E-state index contributed by atoms with van der Waals surface area (Å²) in [5, 5.41) is 0. The predicted octanol–water partition coefficient (Wildman–Crippen LogP) is 9.18. The zero-order valence-corrected chi connectivity index (χ0v) is 24.3. The van der Waals surface area contributed by atoms with Crippen molar-refractivity contribution in [2.75, 3.05) is 0 Å². The molecule has 4 aliphatic rings. The van der Waals surface area contributed by atoms with E-state index in [9.17, 15) is 4.79 Å². The van der Waals surface area contributed by atoms with E-state index in [4.69, 9.17) is 4.74 Å². The third-order valence-electron chi connectivity index (χ3n) is 11.7. The molecule has 4 aliphatic carbocycles. The number of ether oxygens (including phenoxy) is 1. The number of carbonyl (C=O) groups excluding carboxylic acids is 1. The fourth-order valence-corrected chi connectivity index (χ4v) is 9.74. The van der Waals surface area contributed by atoms with Crippen LogP contribution in [-0.4, -0.2) is 12.1 Å². The van der Waals surface area contributed by atoms with Crippen molar-refractivity contribution in [1.29, 1.82) is 0 Å². The molecular weight excluding hydrogens is 452 g/mol. The molecule has 3 fully saturated rings. The maximum Gasteiger partial charge on any atom is 0.310 e. The fourth-order valence-electron chi connectivity index (χ4n) is 9.74. The number of rotatable bonds is 8. The minimum atomic E-state index is -0.0676. The Balaban J connectivity index is 1.22. The van der Waals surface area contributed by atoms with Crippen molar-refractivity contribution in [1.82, 2.24) is 0 Å². The average Bonchev–Trinajstić information content (AvgIpc) is 3.22. The van der Waals surface area contributed by atoms with E-state index in [2.05, 4.69) is 40.7 Å². The highest BCUT2D eigenvalue weighted by Gasteiger charge is 2.59. The Hall–Kier alpha value is -1.57. The van der Waals surface area contributed by atoms with E-state index in [1.165, 1.54) is 57.8 Å². The molecule has 5 rings (SSSR count). The molecule has 1 aromatic carbocycles. The first-order valence-electron chi connectivity index (χ1n) is 15.6. The summed E-state index contributed by atoms with van der Waals surface area (Å²) in [6.45, 7) is 12.6. The number of hydrogen-bond donors (Lipinski definition) is 0. The lowest BCUT2D eigenvalue weighted by Gasteiger charge is -2.58. The second-order valence-corrected chi connectivity index (χ2v) is 14.3. The highest BCUT2D eigenvalue weighted by molar-refractivity contribution is 5.72. The van der Waals surface area contributed by atoms with E-state index in [1.807, 2.05) is 30.3 Å². The van der Waals surface area contributed by atoms with Gasteiger partial charge in [-0.05, 0) is 96.8 Å². The van der Waals surface area contributed by atoms with Gasteiger partial charge in [0.25, 0.3) is 0 Å². The molecule has 8 atom stereocenters. The standard InChI is InChI=1S/C35H52O2/c1-24(2)10-9-11-25(3)30-16-17-31-29-15-14-27-23-28(37-33(36)22-26-12-7-6-8-13-26)18-20-34(27,4)32(29)19-21-35(30,31)5/h6-8,12-14,24-25,28-32H,9-11,15-23H2,1-5H3. The van der Waals surface area contributed by atoms with Gasteiger partial charge < -0.3 is 4.74 Å². The molecular formula is C35H52O2. The summed E-state index contributed by atoms with van der Waals surface area (Å²) in [5.74, 6) is 5.14. The number of carbonyl (C=O) groups is 1. The Morgan fingerprint density at radius 1 is 0.973 bits per heavy atom. The van der Waals surface area contributed by atoms with Gasteiger partial charge in [-0.25, -0.2) is 0 Å². The minimum Gasteiger partial charge on any atom is -0.462 e. The van der Waals surface area contributed by atoms with Crippen LogP contribution in [-0.2, 0) is 16.0 Å². The van der Waals surface area contributed by atoms with Gasteiger partial charge in [-0.15, -0.1) is 0 Å². The number of fused-ring (bicyclic) bond motifs is 5. The van der Waals surface area contributed by atoms with Crippen LogP contribution in [0.2, 0.25) is 0 Å². The van der Waals surface area contributed by atoms with Crippen molar-refractivity contribution >= 4 is 5.97 Å². The Bertz CT molecular complexity index is 963. The molecule has 0 bridgehead atoms. The largest absolute Gasteiger partial charge is 0.462 e. The molecule has 3 saturated carbocycles. The monoisotopic (exact) mass is 504 g/mol. The van der Waals surface area contributed by atoms with Crippen LogP contribution in [0.1, 0.15) is 111 Å². The van der Waals surface area contributed by atoms with Gasteiger partial charge in [0.05, 0.1) is 6.42 Å². The molecule has 0 spiro atoms. The molecule has 0 amide bonds. The summed E-state index contributed by atoms with van der Waals surface area (Å²) in [6, 6.07) is 10.0. The smallest absolute Gasteiger partial charge is 0.310 e. The van der Waals surface area contributed by atoms with Crippen LogP contribution in [0.15, 0.2) is 42.0 Å². The Kier molecular flexibility index (Phi) is 7.95. The molecule has 0 aromatic heterocycles. The molecule has 0 aliphatic heterocycles. The first-order valence-corrected chi connectivity index (χ1v) is 15.6. The normalized spacial score (nSPS) is 37.8. The molecule has 204 valence electrons. The lowest BCUT2D eigenvalue weighted by atomic mass is 9.47. The summed E-state index contributed by atoms with van der Waals surface area (Å²) >= 11 is 0. The number of benzene rings is 1. The summed E-state index contributed by atoms with van der Waals surface area (Å²) < 4.78 is 6.02. The molecule has 2 heteroatoms. The van der Waals surface area contributed by atoms with Gasteiger partial charge in [0.1, 0.15) is 6.10 Å². The first kappa shape index (κ1) is 27.0. The van der Waals surface area contributed by atoms with Crippen LogP contribution in [0.5, 0.6) is 0 Å². The van der Waals surface area contributed by atoms with Gasteiger partial charge in [0.2, 0.25) is 0 Å². The van der Waals surface area contributed by atoms with Gasteiger partial charge in [-0.3, -0.25) is 4.79 Å². The molecule has 0 N–H and O–H groups in total. The zero-order chi connectivity index (χ0) is 26.2. The number of hydrogen-bond acceptors (Lipinski definition) is 2. The van der Waals surface area contributed by atoms with Crippen LogP contribution in [0.3, 0.4) is 0 Å². The summed E-state index contributed by atoms with van der Waals surface area (Å²) in [4.78, 5) is 12.7. The lowest BCUT2D eigenvalue weighted by Crippen LogP contribution is -2.51. The van der Waals surface area contributed by atoms with Crippen molar-refractivity contribution in [3.63, 3.8) is 0 Å². The van der Waals surface area contributed by atoms with Crippen LogP contribution in [0.4, 0.5) is 0 Å². The Labute approximate surface area is 227 Å². The van der Waals surface area contributed by atoms with E-state index in [0.717, 1.165) is 53.9 Å². The van der Waals surface area contributed by atoms with Crippen LogP contribution in [0, 0.1) is 46.3 Å². The maximum absolute atomic E-state index is 12.7. The van der Waals surface area contributed by atoms with Crippen molar-refractivity contribution in [3.05, 3.63) is 47.5 Å². The molecule has 0 radical (unpaired) electrons. The third-order valence-corrected chi connectivity index (χ3v) is 11.7. The maximum atomic E-state index is 12.7. The van der Waals surface area contributed by atoms with Gasteiger partial charge in [-0.2, -0.15) is 0 Å². The number of allylic oxidation sites excluding steroid dienone is 1. The van der Waals surface area contributed by atoms with Gasteiger partial charge in [-0.1, -0.05) is 95.9 Å². The zero-order valence-electron chi connectivity index (χ0n) is 24.3. The third kappa shape index (κ3) is 5.33. The van der Waals surface area contributed by atoms with Crippen molar-refractivity contribution in [3.8, 4) is 0 Å². The lowest BCUT2D eigenvalue weighted by molar-refractivity contribution is -0.150. The SMILES string of the molecule is CC(C)CCCC(C)C1CCC2C3CC=C4CC(OC(=O)Cc5ccccc5)CCC4(C)C3CCC12C. The van der Waals surface area contributed by atoms with Gasteiger partial charge >= 0.3 is 5.97 Å². The van der Waals surface area contributed by atoms with E-state index in [1.54, 1.807) is 5.57 Å². The fraction of sp³-hybridized carbons (Fsp3) is 0.743. The molecule has 0 saturated heterocycles. The van der Waals surface area contributed by atoms with Crippen LogP contribution < -0.4 is 0 Å². The van der Waals surface area contributed by atoms with E-state index in [-0.39, 0.29) is 12.1 Å². The highest BCUT2D eigenvalue weighted by Crippen LogP contribution is 2.67. The molecule has 8 unspecified atom stereocenters. The Morgan fingerprint density at radius 3 is 2.51 bits per heavy atom. The minimum absolute atomic E-state index is 0.0588. The molecule has 1 aromatic rings. The van der Waals surface area contributed by atoms with Gasteiger partial charge in [0, 0.05) is 6.42 Å². The second-order valence-electron chi connectivity index (χ2n) is 14.3. The van der Waals surface area contributed by atoms with E-state index < -0.39 is 0 Å². The van der Waals surface area contributed by atoms with Crippen LogP contribution in [0.25, 0.3) is 0 Å². The van der Waals surface area contributed by atoms with Crippen molar-refractivity contribution < 1.29 is 9.53 Å². The van der Waals surface area contributed by atoms with Crippen molar-refractivity contribution in [2.24, 2.45) is 46.3 Å². The highest BCUT2D eigenvalue weighted by atomic mass is 16.5. The summed E-state index contributed by atoms with van der Waals surface area (Å²) in [7, 11) is 0. The van der Waals surface area contributed by atoms with Crippen LogP contribution >= 0.6 is 0 Å². The van der Waals surface area contributed by atoms with Gasteiger partial charge in [0.15, 0.2) is 0 Å². The average molecular weight is 505 g/mol. The summed E-state index contributed by atoms with van der Waals surface area (Å²) in [5.41, 5.74) is 3.51. The molecule has 2 nitrogen and oxygen atoms in total. The molecule has 37 heavy (non-hydrogen) atoms. The number of esters is 1. The second kappa shape index (κ2) is 10.9. The predicted molar refractivity (Wildman–Crippen MR) is 153 cm³/mol. The topological polar surface area (TPSA) is 26.3 Å². The quantitative estimate of drug-likeness (QED) is 0.260. The summed E-state index contributed by atoms with van der Waals surface area (Å²) in [6.07, 6.45) is 17.4. The molecule has 0 heterocycles. The first-order chi connectivity index (χ1) is 17.7. The van der Waals surface area contributed by atoms with Crippen molar-refractivity contribution in [2.45, 2.75) is 118 Å². The Morgan fingerprint density at radius 2 is 1.76 bits per heavy atom. The van der Waals surface area contributed by atoms with E-state index >= 15 is 0 Å².